The molecule has 9 rings (SSSR count). The number of rotatable bonds is 5. The van der Waals surface area contributed by atoms with E-state index in [1.54, 1.807) is 29.1 Å². The number of piperidine rings is 1. The van der Waals surface area contributed by atoms with Crippen LogP contribution in [0.4, 0.5) is 5.69 Å². The first-order valence-corrected chi connectivity index (χ1v) is 16.8. The molecule has 1 aromatic carbocycles. The molecule has 0 spiro atoms. The zero-order chi connectivity index (χ0) is 33.5. The number of fused-ring (bicyclic) bond motifs is 1. The molecule has 2 saturated heterocycles. The van der Waals surface area contributed by atoms with Crippen LogP contribution in [0.25, 0.3) is 4.85 Å². The molecule has 7 aliphatic rings. The number of nitrogens with zero attached hydrogens (tertiary/aromatic N) is 5. The number of imide groups is 2. The van der Waals surface area contributed by atoms with E-state index in [-0.39, 0.29) is 47.4 Å². The number of hydrogen-bond acceptors (Lipinski definition) is 7. The van der Waals surface area contributed by atoms with Crippen LogP contribution >= 0.6 is 0 Å². The molecular formula is C36H37N7O5. The number of anilines is 1. The van der Waals surface area contributed by atoms with Gasteiger partial charge in [-0.15, -0.1) is 0 Å². The summed E-state index contributed by atoms with van der Waals surface area (Å²) in [4.78, 5) is 70.8. The molecule has 3 unspecified atom stereocenters. The maximum Gasteiger partial charge on any atom is 0.262 e. The molecule has 4 bridgehead atoms. The van der Waals surface area contributed by atoms with Crippen LogP contribution in [0.15, 0.2) is 30.6 Å². The van der Waals surface area contributed by atoms with Gasteiger partial charge in [0.15, 0.2) is 0 Å². The number of amides is 5. The molecule has 0 radical (unpaired) electrons. The Hall–Kier alpha value is -4.97. The highest BCUT2D eigenvalue weighted by Gasteiger charge is 2.60. The van der Waals surface area contributed by atoms with E-state index in [0.717, 1.165) is 48.3 Å². The summed E-state index contributed by atoms with van der Waals surface area (Å²) in [5.74, 6) is 5.80. The first kappa shape index (κ1) is 30.4. The molecule has 4 heterocycles. The Morgan fingerprint density at radius 2 is 1.81 bits per heavy atom. The van der Waals surface area contributed by atoms with E-state index in [1.165, 1.54) is 0 Å². The number of aromatic nitrogens is 2. The van der Waals surface area contributed by atoms with E-state index in [9.17, 15) is 24.0 Å². The summed E-state index contributed by atoms with van der Waals surface area (Å²) in [5.41, 5.74) is 0.916. The normalized spacial score (nSPS) is 30.7. The Balaban J connectivity index is 0.881. The van der Waals surface area contributed by atoms with Crippen molar-refractivity contribution in [2.45, 2.75) is 82.0 Å². The second-order valence-corrected chi connectivity index (χ2v) is 15.1. The fourth-order valence-electron chi connectivity index (χ4n) is 9.10. The lowest BCUT2D eigenvalue weighted by atomic mass is 9.51. The highest BCUT2D eigenvalue weighted by atomic mass is 16.2. The third-order valence-corrected chi connectivity index (χ3v) is 11.6. The van der Waals surface area contributed by atoms with Gasteiger partial charge in [-0.1, -0.05) is 11.8 Å². The quantitative estimate of drug-likeness (QED) is 0.289. The second-order valence-electron chi connectivity index (χ2n) is 15.1. The average molecular weight is 648 g/mol. The van der Waals surface area contributed by atoms with Crippen molar-refractivity contribution in [2.75, 3.05) is 18.0 Å². The number of carbonyl (C=O) groups excluding carboxylic acids is 5. The van der Waals surface area contributed by atoms with Crippen molar-refractivity contribution in [1.82, 2.24) is 25.3 Å². The lowest BCUT2D eigenvalue weighted by molar-refractivity contribution is -0.136. The van der Waals surface area contributed by atoms with Gasteiger partial charge in [-0.3, -0.25) is 38.9 Å². The minimum atomic E-state index is -0.993. The predicted molar refractivity (Wildman–Crippen MR) is 172 cm³/mol. The molecule has 6 fully saturated rings. The van der Waals surface area contributed by atoms with E-state index in [0.29, 0.717) is 30.8 Å². The highest BCUT2D eigenvalue weighted by Crippen LogP contribution is 2.57. The van der Waals surface area contributed by atoms with Crippen molar-refractivity contribution >= 4 is 35.2 Å². The summed E-state index contributed by atoms with van der Waals surface area (Å²) in [7, 11) is 0. The molecular weight excluding hydrogens is 610 g/mol. The molecule has 3 atom stereocenters. The summed E-state index contributed by atoms with van der Waals surface area (Å²) in [5, 5.41) is 10.1. The van der Waals surface area contributed by atoms with E-state index in [2.05, 4.69) is 37.3 Å². The average Bonchev–Trinajstić information content (AvgIpc) is 3.61. The molecule has 3 aliphatic heterocycles. The smallest absolute Gasteiger partial charge is 0.262 e. The van der Waals surface area contributed by atoms with Crippen LogP contribution in [-0.2, 0) is 19.9 Å². The summed E-state index contributed by atoms with van der Waals surface area (Å²) in [6.45, 7) is 12.8. The fraction of sp³-hybridized carbons (Fsp3) is 0.528. The Bertz CT molecular complexity index is 1870. The number of hydrogen-bond donors (Lipinski definition) is 2. The SMILES string of the molecule is [C-]#[N+]C12CC3CC(C1)C(NC(=O)C(C)(C)n1cc(C#CC4CN(c5ccc6c(c5)C(=O)N(C5CCC(=O)NC5=O)C6=O)C4)cn1)C(C3)C2. The van der Waals surface area contributed by atoms with E-state index < -0.39 is 35.2 Å². The maximum atomic E-state index is 13.6. The Kier molecular flexibility index (Phi) is 6.82. The second kappa shape index (κ2) is 10.8. The maximum absolute atomic E-state index is 13.6. The third-order valence-electron chi connectivity index (χ3n) is 11.6. The first-order valence-electron chi connectivity index (χ1n) is 16.8. The summed E-state index contributed by atoms with van der Waals surface area (Å²) < 4.78 is 1.68. The van der Waals surface area contributed by atoms with E-state index >= 15 is 0 Å². The van der Waals surface area contributed by atoms with Gasteiger partial charge >= 0.3 is 0 Å². The van der Waals surface area contributed by atoms with Crippen LogP contribution in [0.5, 0.6) is 0 Å². The molecule has 5 amide bonds. The molecule has 2 N–H and O–H groups in total. The number of benzene rings is 1. The zero-order valence-electron chi connectivity index (χ0n) is 27.0. The molecule has 12 heteroatoms. The van der Waals surface area contributed by atoms with Gasteiger partial charge in [-0.2, -0.15) is 5.10 Å². The van der Waals surface area contributed by atoms with Gasteiger partial charge in [0.1, 0.15) is 11.6 Å². The summed E-state index contributed by atoms with van der Waals surface area (Å²) in [6.07, 6.45) is 8.70. The van der Waals surface area contributed by atoms with E-state index in [1.807, 2.05) is 20.0 Å². The van der Waals surface area contributed by atoms with Gasteiger partial charge in [0.05, 0.1) is 28.8 Å². The van der Waals surface area contributed by atoms with Crippen molar-refractivity contribution < 1.29 is 24.0 Å². The van der Waals surface area contributed by atoms with Crippen molar-refractivity contribution in [3.8, 4) is 11.8 Å². The lowest BCUT2D eigenvalue weighted by Crippen LogP contribution is -2.62. The molecule has 4 aliphatic carbocycles. The van der Waals surface area contributed by atoms with Crippen molar-refractivity contribution in [3.05, 3.63) is 58.7 Å². The van der Waals surface area contributed by atoms with Crippen molar-refractivity contribution in [2.24, 2.45) is 23.7 Å². The summed E-state index contributed by atoms with van der Waals surface area (Å²) >= 11 is 0. The first-order chi connectivity index (χ1) is 22.9. The van der Waals surface area contributed by atoms with Crippen LogP contribution in [0.2, 0.25) is 0 Å². The van der Waals surface area contributed by atoms with Gasteiger partial charge < -0.3 is 15.1 Å². The number of carbonyl (C=O) groups is 5. The Labute approximate surface area is 278 Å². The molecule has 4 saturated carbocycles. The van der Waals surface area contributed by atoms with Gasteiger partial charge in [-0.25, -0.2) is 6.57 Å². The zero-order valence-corrected chi connectivity index (χ0v) is 27.0. The predicted octanol–water partition coefficient (Wildman–Crippen LogP) is 2.49. The molecule has 12 nitrogen and oxygen atoms in total. The standard InChI is InChI=1S/C36H37N7O5/c1-35(2,34(48)40-30-23-10-22-11-24(30)15-36(13-22,14-23)37-3)42-19-20(16-38-42)4-5-21-17-41(18-21)25-6-7-26-27(12-25)33(47)43(32(26)46)28-8-9-29(44)39-31(28)45/h6-7,12,16,19,21-24,28,30H,8-11,13-15,17-18H2,1-2H3,(H,40,48)(H,39,44,45). The molecule has 2 aromatic rings. The molecule has 1 aromatic heterocycles. The lowest BCUT2D eigenvalue weighted by Gasteiger charge is -2.55. The third kappa shape index (κ3) is 4.80. The van der Waals surface area contributed by atoms with Gasteiger partial charge in [-0.05, 0) is 69.1 Å². The Morgan fingerprint density at radius 3 is 2.52 bits per heavy atom. The van der Waals surface area contributed by atoms with Crippen LogP contribution < -0.4 is 15.5 Å². The fourth-order valence-corrected chi connectivity index (χ4v) is 9.10. The molecule has 48 heavy (non-hydrogen) atoms. The molecule has 246 valence electrons. The monoisotopic (exact) mass is 647 g/mol. The summed E-state index contributed by atoms with van der Waals surface area (Å²) in [6, 6.07) is 4.23. The van der Waals surface area contributed by atoms with Crippen LogP contribution in [0, 0.1) is 42.1 Å². The van der Waals surface area contributed by atoms with Crippen LogP contribution in [0.3, 0.4) is 0 Å². The van der Waals surface area contributed by atoms with Gasteiger partial charge in [0.25, 0.3) is 11.8 Å². The van der Waals surface area contributed by atoms with Gasteiger partial charge in [0, 0.05) is 56.7 Å². The Morgan fingerprint density at radius 1 is 1.08 bits per heavy atom. The van der Waals surface area contributed by atoms with Crippen LogP contribution in [-0.4, -0.2) is 74.9 Å². The minimum Gasteiger partial charge on any atom is -0.369 e. The number of nitrogens with one attached hydrogen (secondary N) is 2. The van der Waals surface area contributed by atoms with Crippen molar-refractivity contribution in [1.29, 1.82) is 0 Å². The van der Waals surface area contributed by atoms with Crippen LogP contribution in [0.1, 0.15) is 85.1 Å². The van der Waals surface area contributed by atoms with Gasteiger partial charge in [0.2, 0.25) is 23.3 Å². The minimum absolute atomic E-state index is 0.0659. The largest absolute Gasteiger partial charge is 0.369 e. The van der Waals surface area contributed by atoms with Crippen molar-refractivity contribution in [3.63, 3.8) is 0 Å². The topological polar surface area (TPSA) is 138 Å². The van der Waals surface area contributed by atoms with E-state index in [4.69, 9.17) is 6.57 Å². The highest BCUT2D eigenvalue weighted by molar-refractivity contribution is 6.23.